The van der Waals surface area contributed by atoms with Crippen LogP contribution in [0.4, 0.5) is 0 Å². The molecule has 0 amide bonds. The molecule has 8 aromatic rings. The third kappa shape index (κ3) is 3.80. The minimum Gasteiger partial charge on any atom is -0.338 e. The largest absolute Gasteiger partial charge is 0.338 e. The van der Waals surface area contributed by atoms with Crippen LogP contribution in [0.3, 0.4) is 0 Å². The number of fused-ring (bicyclic) bond motifs is 8. The highest BCUT2D eigenvalue weighted by molar-refractivity contribution is 6.24. The van der Waals surface area contributed by atoms with Crippen molar-refractivity contribution < 1.29 is 0 Å². The first-order valence-corrected chi connectivity index (χ1v) is 15.9. The first kappa shape index (κ1) is 26.8. The second-order valence-electron chi connectivity index (χ2n) is 13.1. The van der Waals surface area contributed by atoms with E-state index in [4.69, 9.17) is 0 Å². The van der Waals surface area contributed by atoms with Crippen LogP contribution in [0.15, 0.2) is 109 Å². The number of nitrogens with zero attached hydrogens (tertiary/aromatic N) is 2. The van der Waals surface area contributed by atoms with Gasteiger partial charge in [0.15, 0.2) is 0 Å². The van der Waals surface area contributed by atoms with E-state index in [9.17, 15) is 0 Å². The summed E-state index contributed by atoms with van der Waals surface area (Å²) in [6.07, 6.45) is 0. The molecular formula is C42H38N2. The lowest BCUT2D eigenvalue weighted by Gasteiger charge is -2.18. The van der Waals surface area contributed by atoms with Gasteiger partial charge in [-0.05, 0) is 103 Å². The Kier molecular flexibility index (Phi) is 6.00. The molecule has 0 saturated carbocycles. The van der Waals surface area contributed by atoms with Crippen molar-refractivity contribution in [3.63, 3.8) is 0 Å². The molecule has 6 aromatic carbocycles. The SMILES string of the molecule is Cc1cc(-n2c3ccccc3c3c(-c4ccc5c(c4)c4ccccc4n5C(C)C)cc4ccccc4c32)c(C)cc1C(C)C. The Balaban J connectivity index is 1.52. The molecule has 2 nitrogen and oxygen atoms in total. The van der Waals surface area contributed by atoms with E-state index in [0.29, 0.717) is 12.0 Å². The molecule has 0 radical (unpaired) electrons. The molecule has 2 heteroatoms. The molecule has 44 heavy (non-hydrogen) atoms. The van der Waals surface area contributed by atoms with Crippen LogP contribution in [-0.4, -0.2) is 9.13 Å². The fourth-order valence-corrected chi connectivity index (χ4v) is 7.72. The van der Waals surface area contributed by atoms with Crippen molar-refractivity contribution >= 4 is 54.4 Å². The zero-order valence-electron chi connectivity index (χ0n) is 26.4. The number of hydrogen-bond acceptors (Lipinski definition) is 0. The summed E-state index contributed by atoms with van der Waals surface area (Å²) in [6, 6.07) is 41.4. The normalized spacial score (nSPS) is 12.3. The fraction of sp³-hybridized carbons (Fsp3) is 0.190. The topological polar surface area (TPSA) is 9.86 Å². The van der Waals surface area contributed by atoms with E-state index in [0.717, 1.165) is 0 Å². The van der Waals surface area contributed by atoms with Gasteiger partial charge in [0.2, 0.25) is 0 Å². The van der Waals surface area contributed by atoms with Gasteiger partial charge >= 0.3 is 0 Å². The van der Waals surface area contributed by atoms with Crippen LogP contribution in [0, 0.1) is 13.8 Å². The molecule has 216 valence electrons. The molecule has 0 aliphatic carbocycles. The molecule has 2 aromatic heterocycles. The minimum atomic E-state index is 0.377. The summed E-state index contributed by atoms with van der Waals surface area (Å²) in [6.45, 7) is 13.7. The summed E-state index contributed by atoms with van der Waals surface area (Å²) in [5.41, 5.74) is 13.0. The molecule has 2 heterocycles. The van der Waals surface area contributed by atoms with Gasteiger partial charge in [-0.15, -0.1) is 0 Å². The number of hydrogen-bond donors (Lipinski definition) is 0. The summed E-state index contributed by atoms with van der Waals surface area (Å²) >= 11 is 0. The van der Waals surface area contributed by atoms with Crippen molar-refractivity contribution in [1.29, 1.82) is 0 Å². The Morgan fingerprint density at radius 2 is 1.20 bits per heavy atom. The third-order valence-electron chi connectivity index (χ3n) is 9.64. The standard InChI is InChI=1S/C42H38N2/c1-25(2)34-21-28(6)40(22-27(34)5)44-38-18-12-10-16-33(38)41-35(23-29-13-7-8-14-31(29)42(41)44)30-19-20-39-36(24-30)32-15-9-11-17-37(32)43(39)26(3)4/h7-26H,1-6H3. The van der Waals surface area contributed by atoms with Crippen LogP contribution in [0.2, 0.25) is 0 Å². The second kappa shape index (κ2) is 9.86. The maximum absolute atomic E-state index is 2.53. The number of para-hydroxylation sites is 2. The van der Waals surface area contributed by atoms with E-state index in [-0.39, 0.29) is 0 Å². The number of aromatic nitrogens is 2. The highest BCUT2D eigenvalue weighted by Gasteiger charge is 2.22. The van der Waals surface area contributed by atoms with Gasteiger partial charge in [0, 0.05) is 49.7 Å². The number of benzene rings is 6. The molecule has 0 bridgehead atoms. The van der Waals surface area contributed by atoms with Gasteiger partial charge in [0.1, 0.15) is 0 Å². The van der Waals surface area contributed by atoms with Crippen LogP contribution < -0.4 is 0 Å². The van der Waals surface area contributed by atoms with E-state index < -0.39 is 0 Å². The van der Waals surface area contributed by atoms with Gasteiger partial charge in [-0.2, -0.15) is 0 Å². The highest BCUT2D eigenvalue weighted by Crippen LogP contribution is 2.44. The Labute approximate surface area is 259 Å². The van der Waals surface area contributed by atoms with E-state index >= 15 is 0 Å². The maximum atomic E-state index is 2.53. The third-order valence-corrected chi connectivity index (χ3v) is 9.64. The number of aryl methyl sites for hydroxylation is 2. The van der Waals surface area contributed by atoms with Gasteiger partial charge in [0.05, 0.1) is 11.0 Å². The summed E-state index contributed by atoms with van der Waals surface area (Å²) in [5, 5.41) is 7.78. The lowest BCUT2D eigenvalue weighted by molar-refractivity contribution is 0.642. The summed E-state index contributed by atoms with van der Waals surface area (Å²) in [7, 11) is 0. The van der Waals surface area contributed by atoms with E-state index in [1.54, 1.807) is 0 Å². The van der Waals surface area contributed by atoms with E-state index in [1.807, 2.05) is 0 Å². The Hall–Kier alpha value is -4.82. The van der Waals surface area contributed by atoms with Crippen molar-refractivity contribution in [2.45, 2.75) is 53.5 Å². The predicted octanol–water partition coefficient (Wildman–Crippen LogP) is 12.0. The van der Waals surface area contributed by atoms with Crippen LogP contribution in [0.1, 0.15) is 56.3 Å². The summed E-state index contributed by atoms with van der Waals surface area (Å²) < 4.78 is 5.01. The van der Waals surface area contributed by atoms with Crippen molar-refractivity contribution in [3.8, 4) is 16.8 Å². The fourth-order valence-electron chi connectivity index (χ4n) is 7.72. The second-order valence-corrected chi connectivity index (χ2v) is 13.1. The number of rotatable bonds is 4. The zero-order chi connectivity index (χ0) is 30.3. The zero-order valence-corrected chi connectivity index (χ0v) is 26.4. The van der Waals surface area contributed by atoms with Crippen molar-refractivity contribution in [3.05, 3.63) is 126 Å². The van der Waals surface area contributed by atoms with Crippen LogP contribution in [0.25, 0.3) is 71.2 Å². The van der Waals surface area contributed by atoms with Crippen molar-refractivity contribution in [2.24, 2.45) is 0 Å². The maximum Gasteiger partial charge on any atom is 0.0625 e. The molecule has 0 saturated heterocycles. The molecule has 0 fully saturated rings. The lowest BCUT2D eigenvalue weighted by Crippen LogP contribution is -2.02. The van der Waals surface area contributed by atoms with E-state index in [2.05, 4.69) is 160 Å². The first-order chi connectivity index (χ1) is 21.3. The van der Waals surface area contributed by atoms with Crippen molar-refractivity contribution in [2.75, 3.05) is 0 Å². The molecule has 0 aliphatic heterocycles. The molecule has 8 rings (SSSR count). The van der Waals surface area contributed by atoms with Crippen LogP contribution in [-0.2, 0) is 0 Å². The Morgan fingerprint density at radius 3 is 1.95 bits per heavy atom. The van der Waals surface area contributed by atoms with Crippen molar-refractivity contribution in [1.82, 2.24) is 9.13 Å². The highest BCUT2D eigenvalue weighted by atomic mass is 15.0. The quantitative estimate of drug-likeness (QED) is 0.199. The molecule has 0 atom stereocenters. The average molecular weight is 571 g/mol. The minimum absolute atomic E-state index is 0.377. The predicted molar refractivity (Wildman–Crippen MR) is 191 cm³/mol. The smallest absolute Gasteiger partial charge is 0.0625 e. The molecule has 0 unspecified atom stereocenters. The molecule has 0 spiro atoms. The van der Waals surface area contributed by atoms with Gasteiger partial charge in [-0.25, -0.2) is 0 Å². The van der Waals surface area contributed by atoms with Gasteiger partial charge in [-0.1, -0.05) is 86.6 Å². The van der Waals surface area contributed by atoms with Gasteiger partial charge in [-0.3, -0.25) is 0 Å². The Morgan fingerprint density at radius 1 is 0.545 bits per heavy atom. The average Bonchev–Trinajstić information content (AvgIpc) is 3.55. The summed E-state index contributed by atoms with van der Waals surface area (Å²) in [5.74, 6) is 0.491. The Bertz CT molecular complexity index is 2410. The molecule has 0 aliphatic rings. The van der Waals surface area contributed by atoms with E-state index in [1.165, 1.54) is 87.9 Å². The first-order valence-electron chi connectivity index (χ1n) is 15.9. The summed E-state index contributed by atoms with van der Waals surface area (Å²) in [4.78, 5) is 0. The van der Waals surface area contributed by atoms with Gasteiger partial charge in [0.25, 0.3) is 0 Å². The lowest BCUT2D eigenvalue weighted by atomic mass is 9.94. The molecule has 0 N–H and O–H groups in total. The van der Waals surface area contributed by atoms with Crippen LogP contribution >= 0.6 is 0 Å². The van der Waals surface area contributed by atoms with Crippen LogP contribution in [0.5, 0.6) is 0 Å². The molecular weight excluding hydrogens is 532 g/mol. The monoisotopic (exact) mass is 570 g/mol. The van der Waals surface area contributed by atoms with Gasteiger partial charge < -0.3 is 9.13 Å².